The number of halogens is 1. The van der Waals surface area contributed by atoms with Gasteiger partial charge in [-0.25, -0.2) is 0 Å². The van der Waals surface area contributed by atoms with Crippen LogP contribution in [-0.4, -0.2) is 22.7 Å². The molecule has 3 heteroatoms. The third-order valence-corrected chi connectivity index (χ3v) is 3.40. The third-order valence-electron chi connectivity index (χ3n) is 3.22. The minimum atomic E-state index is -0.437. The van der Waals surface area contributed by atoms with Gasteiger partial charge in [-0.3, -0.25) is 4.79 Å². The van der Waals surface area contributed by atoms with Gasteiger partial charge in [-0.2, -0.15) is 0 Å². The number of carbonyl (C=O) groups is 1. The van der Waals surface area contributed by atoms with Crippen LogP contribution in [0, 0.1) is 0 Å². The van der Waals surface area contributed by atoms with Crippen molar-refractivity contribution in [3.63, 3.8) is 0 Å². The standard InChI is InChI=1S/C13H16ClNO/c1-9(14)13(16)15-8-7-11-5-3-4-6-12(11)10(15)2/h3-6,9-10H,7-8H2,1-2H3. The van der Waals surface area contributed by atoms with Crippen LogP contribution in [0.2, 0.25) is 0 Å². The Labute approximate surface area is 101 Å². The summed E-state index contributed by atoms with van der Waals surface area (Å²) in [7, 11) is 0. The topological polar surface area (TPSA) is 20.3 Å². The van der Waals surface area contributed by atoms with Crippen LogP contribution in [0.3, 0.4) is 0 Å². The molecule has 1 aliphatic rings. The molecule has 2 nitrogen and oxygen atoms in total. The SMILES string of the molecule is CC(Cl)C(=O)N1CCc2ccccc2C1C. The van der Waals surface area contributed by atoms with Gasteiger partial charge in [-0.1, -0.05) is 24.3 Å². The maximum atomic E-state index is 11.9. The summed E-state index contributed by atoms with van der Waals surface area (Å²) in [5.41, 5.74) is 2.60. The molecule has 0 fully saturated rings. The minimum Gasteiger partial charge on any atom is -0.334 e. The number of benzene rings is 1. The second kappa shape index (κ2) is 4.46. The predicted molar refractivity (Wildman–Crippen MR) is 65.6 cm³/mol. The van der Waals surface area contributed by atoms with E-state index in [1.54, 1.807) is 6.92 Å². The van der Waals surface area contributed by atoms with E-state index >= 15 is 0 Å². The number of hydrogen-bond acceptors (Lipinski definition) is 1. The Morgan fingerprint density at radius 3 is 2.88 bits per heavy atom. The number of alkyl halides is 1. The number of fused-ring (bicyclic) bond motifs is 1. The molecule has 0 saturated carbocycles. The molecule has 16 heavy (non-hydrogen) atoms. The van der Waals surface area contributed by atoms with E-state index in [0.717, 1.165) is 13.0 Å². The maximum Gasteiger partial charge on any atom is 0.240 e. The third kappa shape index (κ3) is 1.94. The van der Waals surface area contributed by atoms with Crippen LogP contribution >= 0.6 is 11.6 Å². The van der Waals surface area contributed by atoms with Gasteiger partial charge in [0.25, 0.3) is 0 Å². The summed E-state index contributed by atoms with van der Waals surface area (Å²) in [6.45, 7) is 4.57. The molecule has 0 aliphatic carbocycles. The van der Waals surface area contributed by atoms with Crippen LogP contribution in [0.25, 0.3) is 0 Å². The molecule has 1 heterocycles. The molecule has 0 N–H and O–H groups in total. The highest BCUT2D eigenvalue weighted by atomic mass is 35.5. The normalized spacial score (nSPS) is 21.4. The van der Waals surface area contributed by atoms with Gasteiger partial charge in [0.1, 0.15) is 5.38 Å². The highest BCUT2D eigenvalue weighted by Gasteiger charge is 2.28. The van der Waals surface area contributed by atoms with Crippen molar-refractivity contribution in [3.05, 3.63) is 35.4 Å². The first-order valence-corrected chi connectivity index (χ1v) is 6.07. The Bertz CT molecular complexity index is 403. The molecule has 2 unspecified atom stereocenters. The zero-order chi connectivity index (χ0) is 11.7. The number of rotatable bonds is 1. The molecule has 1 amide bonds. The van der Waals surface area contributed by atoms with Gasteiger partial charge >= 0.3 is 0 Å². The van der Waals surface area contributed by atoms with Crippen molar-refractivity contribution in [2.75, 3.05) is 6.54 Å². The van der Waals surface area contributed by atoms with Crippen molar-refractivity contribution in [2.45, 2.75) is 31.7 Å². The zero-order valence-corrected chi connectivity index (χ0v) is 10.4. The average molecular weight is 238 g/mol. The van der Waals surface area contributed by atoms with Crippen molar-refractivity contribution < 1.29 is 4.79 Å². The van der Waals surface area contributed by atoms with E-state index in [-0.39, 0.29) is 11.9 Å². The average Bonchev–Trinajstić information content (AvgIpc) is 2.29. The number of amides is 1. The van der Waals surface area contributed by atoms with Gasteiger partial charge in [0.05, 0.1) is 6.04 Å². The fourth-order valence-corrected chi connectivity index (χ4v) is 2.43. The second-order valence-electron chi connectivity index (χ2n) is 4.27. The van der Waals surface area contributed by atoms with E-state index in [2.05, 4.69) is 19.1 Å². The summed E-state index contributed by atoms with van der Waals surface area (Å²) in [5, 5.41) is -0.437. The van der Waals surface area contributed by atoms with Crippen LogP contribution in [0.15, 0.2) is 24.3 Å². The van der Waals surface area contributed by atoms with Gasteiger partial charge in [0.15, 0.2) is 0 Å². The van der Waals surface area contributed by atoms with E-state index < -0.39 is 5.38 Å². The van der Waals surface area contributed by atoms with E-state index in [9.17, 15) is 4.79 Å². The molecule has 1 aliphatic heterocycles. The van der Waals surface area contributed by atoms with Crippen LogP contribution < -0.4 is 0 Å². The van der Waals surface area contributed by atoms with Crippen LogP contribution in [0.4, 0.5) is 0 Å². The lowest BCUT2D eigenvalue weighted by atomic mass is 9.93. The lowest BCUT2D eigenvalue weighted by Gasteiger charge is -2.36. The second-order valence-corrected chi connectivity index (χ2v) is 4.93. The van der Waals surface area contributed by atoms with Crippen molar-refractivity contribution in [2.24, 2.45) is 0 Å². The molecule has 2 rings (SSSR count). The quantitative estimate of drug-likeness (QED) is 0.688. The Hall–Kier alpha value is -1.02. The fraction of sp³-hybridized carbons (Fsp3) is 0.462. The lowest BCUT2D eigenvalue weighted by Crippen LogP contribution is -2.41. The molecule has 1 aromatic carbocycles. The van der Waals surface area contributed by atoms with E-state index in [4.69, 9.17) is 11.6 Å². The highest BCUT2D eigenvalue weighted by Crippen LogP contribution is 2.29. The Kier molecular flexibility index (Phi) is 3.20. The molecule has 0 aromatic heterocycles. The van der Waals surface area contributed by atoms with Crippen LogP contribution in [-0.2, 0) is 11.2 Å². The summed E-state index contributed by atoms with van der Waals surface area (Å²) in [4.78, 5) is 13.8. The molecule has 0 spiro atoms. The van der Waals surface area contributed by atoms with Gasteiger partial charge < -0.3 is 4.90 Å². The minimum absolute atomic E-state index is 0.0312. The maximum absolute atomic E-state index is 11.9. The smallest absolute Gasteiger partial charge is 0.240 e. The van der Waals surface area contributed by atoms with Crippen molar-refractivity contribution in [1.82, 2.24) is 4.90 Å². The van der Waals surface area contributed by atoms with E-state index in [1.165, 1.54) is 11.1 Å². The predicted octanol–water partition coefficient (Wildman–Crippen LogP) is 2.76. The fourth-order valence-electron chi connectivity index (χ4n) is 2.30. The molecule has 0 bridgehead atoms. The highest BCUT2D eigenvalue weighted by molar-refractivity contribution is 6.30. The van der Waals surface area contributed by atoms with E-state index in [0.29, 0.717) is 0 Å². The molecule has 0 saturated heterocycles. The van der Waals surface area contributed by atoms with E-state index in [1.807, 2.05) is 17.0 Å². The molecular weight excluding hydrogens is 222 g/mol. The summed E-state index contributed by atoms with van der Waals surface area (Å²) >= 11 is 5.86. The monoisotopic (exact) mass is 237 g/mol. The Morgan fingerprint density at radius 2 is 2.19 bits per heavy atom. The molecule has 2 atom stereocenters. The van der Waals surface area contributed by atoms with Crippen molar-refractivity contribution >= 4 is 17.5 Å². The molecule has 1 aromatic rings. The van der Waals surface area contributed by atoms with Gasteiger partial charge in [0.2, 0.25) is 5.91 Å². The first kappa shape index (κ1) is 11.5. The van der Waals surface area contributed by atoms with Crippen molar-refractivity contribution in [3.8, 4) is 0 Å². The summed E-state index contributed by atoms with van der Waals surface area (Å²) in [6, 6.07) is 8.44. The lowest BCUT2D eigenvalue weighted by molar-refractivity contribution is -0.133. The molecular formula is C13H16ClNO. The largest absolute Gasteiger partial charge is 0.334 e. The molecule has 86 valence electrons. The van der Waals surface area contributed by atoms with Crippen LogP contribution in [0.1, 0.15) is 31.0 Å². The number of hydrogen-bond donors (Lipinski definition) is 0. The summed E-state index contributed by atoms with van der Waals surface area (Å²) in [5.74, 6) is 0.0312. The van der Waals surface area contributed by atoms with Gasteiger partial charge in [-0.15, -0.1) is 11.6 Å². The zero-order valence-electron chi connectivity index (χ0n) is 9.61. The van der Waals surface area contributed by atoms with Gasteiger partial charge in [-0.05, 0) is 31.4 Å². The molecule has 0 radical (unpaired) electrons. The first-order chi connectivity index (χ1) is 7.61. The van der Waals surface area contributed by atoms with Crippen LogP contribution in [0.5, 0.6) is 0 Å². The summed E-state index contributed by atoms with van der Waals surface area (Å²) in [6.07, 6.45) is 0.926. The Balaban J connectivity index is 2.28. The Morgan fingerprint density at radius 1 is 1.50 bits per heavy atom. The number of nitrogens with zero attached hydrogens (tertiary/aromatic N) is 1. The first-order valence-electron chi connectivity index (χ1n) is 5.63. The summed E-state index contributed by atoms with van der Waals surface area (Å²) < 4.78 is 0. The van der Waals surface area contributed by atoms with Crippen molar-refractivity contribution in [1.29, 1.82) is 0 Å². The number of carbonyl (C=O) groups excluding carboxylic acids is 1. The van der Waals surface area contributed by atoms with Gasteiger partial charge in [0, 0.05) is 6.54 Å².